The molecule has 1 unspecified atom stereocenters. The van der Waals surface area contributed by atoms with Crippen molar-refractivity contribution in [1.82, 2.24) is 14.3 Å². The van der Waals surface area contributed by atoms with E-state index >= 15 is 0 Å². The summed E-state index contributed by atoms with van der Waals surface area (Å²) < 4.78 is 27.8. The minimum atomic E-state index is -3.31. The third kappa shape index (κ3) is 7.70. The zero-order valence-corrected chi connectivity index (χ0v) is 12.3. The van der Waals surface area contributed by atoms with Crippen LogP contribution in [0.1, 0.15) is 40.0 Å². The first kappa shape index (κ1) is 16.8. The first-order chi connectivity index (χ1) is 7.94. The van der Waals surface area contributed by atoms with Crippen molar-refractivity contribution < 1.29 is 8.42 Å². The van der Waals surface area contributed by atoms with Gasteiger partial charge in [0.25, 0.3) is 10.2 Å². The Bertz CT molecular complexity index is 280. The maximum Gasteiger partial charge on any atom is 0.279 e. The molecule has 1 atom stereocenters. The van der Waals surface area contributed by atoms with Crippen molar-refractivity contribution in [1.29, 1.82) is 0 Å². The quantitative estimate of drug-likeness (QED) is 0.578. The van der Waals surface area contributed by atoms with Crippen molar-refractivity contribution in [3.8, 4) is 0 Å². The molecule has 0 fully saturated rings. The molecular formula is C11H27N3O2S. The van der Waals surface area contributed by atoms with Crippen LogP contribution in [-0.2, 0) is 10.2 Å². The molecule has 2 N–H and O–H groups in total. The molecule has 0 aromatic carbocycles. The van der Waals surface area contributed by atoms with E-state index in [0.717, 1.165) is 32.4 Å². The van der Waals surface area contributed by atoms with Crippen LogP contribution in [0, 0.1) is 0 Å². The summed E-state index contributed by atoms with van der Waals surface area (Å²) in [6.45, 7) is 8.29. The van der Waals surface area contributed by atoms with Gasteiger partial charge in [-0.15, -0.1) is 0 Å². The van der Waals surface area contributed by atoms with Gasteiger partial charge in [0, 0.05) is 19.6 Å². The standard InChI is InChI=1S/C11H27N3O2S/c1-5-8-11(3)13-17(15,16)14(4)10-7-9-12-6-2/h11-13H,5-10H2,1-4H3. The van der Waals surface area contributed by atoms with E-state index in [9.17, 15) is 8.42 Å². The summed E-state index contributed by atoms with van der Waals surface area (Å²) in [5.41, 5.74) is 0. The highest BCUT2D eigenvalue weighted by molar-refractivity contribution is 7.87. The number of nitrogens with zero attached hydrogens (tertiary/aromatic N) is 1. The molecule has 0 aliphatic heterocycles. The van der Waals surface area contributed by atoms with Crippen molar-refractivity contribution in [2.24, 2.45) is 0 Å². The summed E-state index contributed by atoms with van der Waals surface area (Å²) in [6.07, 6.45) is 2.67. The Balaban J connectivity index is 4.02. The monoisotopic (exact) mass is 265 g/mol. The molecule has 0 amide bonds. The van der Waals surface area contributed by atoms with E-state index in [2.05, 4.69) is 10.0 Å². The van der Waals surface area contributed by atoms with Crippen LogP contribution in [0.15, 0.2) is 0 Å². The van der Waals surface area contributed by atoms with Gasteiger partial charge in [0.2, 0.25) is 0 Å². The highest BCUT2D eigenvalue weighted by atomic mass is 32.2. The average Bonchev–Trinajstić information content (AvgIpc) is 2.23. The fraction of sp³-hybridized carbons (Fsp3) is 1.00. The van der Waals surface area contributed by atoms with E-state index in [1.165, 1.54) is 4.31 Å². The van der Waals surface area contributed by atoms with Crippen LogP contribution >= 0.6 is 0 Å². The highest BCUT2D eigenvalue weighted by Crippen LogP contribution is 2.01. The number of hydrogen-bond donors (Lipinski definition) is 2. The second-order valence-corrected chi connectivity index (χ2v) is 6.15. The molecule has 6 heteroatoms. The smallest absolute Gasteiger partial charge is 0.279 e. The minimum absolute atomic E-state index is 0.00113. The molecule has 0 aliphatic rings. The molecule has 0 spiro atoms. The number of rotatable bonds is 10. The van der Waals surface area contributed by atoms with Crippen LogP contribution in [0.25, 0.3) is 0 Å². The number of hydrogen-bond acceptors (Lipinski definition) is 3. The summed E-state index contributed by atoms with van der Waals surface area (Å²) >= 11 is 0. The first-order valence-corrected chi connectivity index (χ1v) is 7.82. The zero-order valence-electron chi connectivity index (χ0n) is 11.5. The molecule has 0 heterocycles. The van der Waals surface area contributed by atoms with Crippen LogP contribution in [0.2, 0.25) is 0 Å². The predicted octanol–water partition coefficient (Wildman–Crippen LogP) is 0.941. The zero-order chi connectivity index (χ0) is 13.3. The van der Waals surface area contributed by atoms with Crippen LogP contribution in [-0.4, -0.2) is 45.4 Å². The van der Waals surface area contributed by atoms with Crippen molar-refractivity contribution >= 4 is 10.2 Å². The Hall–Kier alpha value is -0.170. The third-order valence-electron chi connectivity index (χ3n) is 2.56. The van der Waals surface area contributed by atoms with Crippen molar-refractivity contribution in [3.05, 3.63) is 0 Å². The number of nitrogens with one attached hydrogen (secondary N) is 2. The lowest BCUT2D eigenvalue weighted by atomic mass is 10.2. The van der Waals surface area contributed by atoms with Gasteiger partial charge in [-0.1, -0.05) is 20.3 Å². The van der Waals surface area contributed by atoms with Crippen molar-refractivity contribution in [2.45, 2.75) is 46.1 Å². The van der Waals surface area contributed by atoms with Crippen LogP contribution in [0.4, 0.5) is 0 Å². The minimum Gasteiger partial charge on any atom is -0.317 e. The fourth-order valence-corrected chi connectivity index (χ4v) is 2.74. The molecule has 0 bridgehead atoms. The maximum absolute atomic E-state index is 11.9. The lowest BCUT2D eigenvalue weighted by Gasteiger charge is -2.20. The van der Waals surface area contributed by atoms with E-state index < -0.39 is 10.2 Å². The van der Waals surface area contributed by atoms with E-state index in [0.29, 0.717) is 6.54 Å². The van der Waals surface area contributed by atoms with Crippen LogP contribution < -0.4 is 10.0 Å². The van der Waals surface area contributed by atoms with Gasteiger partial charge in [-0.2, -0.15) is 17.4 Å². The second kappa shape index (κ2) is 8.85. The van der Waals surface area contributed by atoms with Crippen molar-refractivity contribution in [2.75, 3.05) is 26.7 Å². The lowest BCUT2D eigenvalue weighted by Crippen LogP contribution is -2.43. The van der Waals surface area contributed by atoms with Gasteiger partial charge in [0.15, 0.2) is 0 Å². The first-order valence-electron chi connectivity index (χ1n) is 6.38. The molecule has 104 valence electrons. The Morgan fingerprint density at radius 3 is 2.47 bits per heavy atom. The van der Waals surface area contributed by atoms with Gasteiger partial charge < -0.3 is 5.32 Å². The van der Waals surface area contributed by atoms with Crippen LogP contribution in [0.5, 0.6) is 0 Å². The Morgan fingerprint density at radius 2 is 1.94 bits per heavy atom. The molecule has 5 nitrogen and oxygen atoms in total. The normalized spacial score (nSPS) is 14.2. The second-order valence-electron chi connectivity index (χ2n) is 4.34. The average molecular weight is 265 g/mol. The fourth-order valence-electron chi connectivity index (χ4n) is 1.56. The van der Waals surface area contributed by atoms with Gasteiger partial charge in [0.05, 0.1) is 0 Å². The van der Waals surface area contributed by atoms with Gasteiger partial charge in [-0.3, -0.25) is 0 Å². The summed E-state index contributed by atoms with van der Waals surface area (Å²) in [6, 6.07) is 0.00113. The molecule has 0 rings (SSSR count). The Labute approximate surface area is 106 Å². The molecule has 0 aliphatic carbocycles. The molecular weight excluding hydrogens is 238 g/mol. The highest BCUT2D eigenvalue weighted by Gasteiger charge is 2.18. The molecule has 0 saturated carbocycles. The molecule has 0 aromatic rings. The third-order valence-corrected chi connectivity index (χ3v) is 4.26. The molecule has 0 radical (unpaired) electrons. The summed E-state index contributed by atoms with van der Waals surface area (Å²) in [4.78, 5) is 0. The summed E-state index contributed by atoms with van der Waals surface area (Å²) in [5.74, 6) is 0. The SMILES string of the molecule is CCCC(C)NS(=O)(=O)N(C)CCCNCC. The van der Waals surface area contributed by atoms with Gasteiger partial charge >= 0.3 is 0 Å². The van der Waals surface area contributed by atoms with E-state index in [1.807, 2.05) is 20.8 Å². The predicted molar refractivity (Wildman–Crippen MR) is 72.2 cm³/mol. The molecule has 0 aromatic heterocycles. The van der Waals surface area contributed by atoms with Crippen molar-refractivity contribution in [3.63, 3.8) is 0 Å². The lowest BCUT2D eigenvalue weighted by molar-refractivity contribution is 0.435. The summed E-state index contributed by atoms with van der Waals surface area (Å²) in [5, 5.41) is 3.17. The van der Waals surface area contributed by atoms with Gasteiger partial charge in [-0.05, 0) is 32.9 Å². The summed E-state index contributed by atoms with van der Waals surface area (Å²) in [7, 11) is -1.70. The molecule has 0 saturated heterocycles. The van der Waals surface area contributed by atoms with Gasteiger partial charge in [0.1, 0.15) is 0 Å². The van der Waals surface area contributed by atoms with E-state index in [1.54, 1.807) is 7.05 Å². The maximum atomic E-state index is 11.9. The van der Waals surface area contributed by atoms with E-state index in [-0.39, 0.29) is 6.04 Å². The van der Waals surface area contributed by atoms with Crippen LogP contribution in [0.3, 0.4) is 0 Å². The topological polar surface area (TPSA) is 61.4 Å². The Kier molecular flexibility index (Phi) is 8.77. The Morgan fingerprint density at radius 1 is 1.29 bits per heavy atom. The largest absolute Gasteiger partial charge is 0.317 e. The van der Waals surface area contributed by atoms with E-state index in [4.69, 9.17) is 0 Å². The molecule has 17 heavy (non-hydrogen) atoms. The van der Waals surface area contributed by atoms with Gasteiger partial charge in [-0.25, -0.2) is 0 Å².